The number of nitrogens with one attached hydrogen (secondary N) is 1. The van der Waals surface area contributed by atoms with E-state index in [1.807, 2.05) is 13.8 Å². The molecule has 0 saturated carbocycles. The van der Waals surface area contributed by atoms with Crippen LogP contribution in [0.15, 0.2) is 24.4 Å². The summed E-state index contributed by atoms with van der Waals surface area (Å²) in [5, 5.41) is 7.84. The first-order valence-electron chi connectivity index (χ1n) is 6.39. The molecule has 1 unspecified atom stereocenters. The topological polar surface area (TPSA) is 29.9 Å². The average molecular weight is 300 g/mol. The minimum absolute atomic E-state index is 0.290. The van der Waals surface area contributed by atoms with E-state index in [1.165, 1.54) is 6.07 Å². The summed E-state index contributed by atoms with van der Waals surface area (Å²) >= 11 is 5.95. The van der Waals surface area contributed by atoms with Gasteiger partial charge in [0.1, 0.15) is 0 Å². The molecule has 2 rings (SSSR count). The van der Waals surface area contributed by atoms with Gasteiger partial charge in [0.25, 0.3) is 0 Å². The highest BCUT2D eigenvalue weighted by molar-refractivity contribution is 6.31. The van der Waals surface area contributed by atoms with E-state index < -0.39 is 11.6 Å². The number of hydrogen-bond donors (Lipinski definition) is 1. The molecule has 1 atom stereocenters. The van der Waals surface area contributed by atoms with E-state index in [-0.39, 0.29) is 11.6 Å². The van der Waals surface area contributed by atoms with Gasteiger partial charge in [0.15, 0.2) is 11.6 Å². The van der Waals surface area contributed by atoms with Crippen LogP contribution in [0.4, 0.5) is 8.78 Å². The van der Waals surface area contributed by atoms with Crippen LogP contribution in [0, 0.1) is 18.6 Å². The Morgan fingerprint density at radius 2 is 2.15 bits per heavy atom. The Morgan fingerprint density at radius 3 is 2.75 bits per heavy atom. The van der Waals surface area contributed by atoms with Crippen LogP contribution < -0.4 is 5.32 Å². The van der Waals surface area contributed by atoms with E-state index in [9.17, 15) is 8.78 Å². The molecule has 1 N–H and O–H groups in total. The van der Waals surface area contributed by atoms with Gasteiger partial charge in [-0.2, -0.15) is 5.10 Å². The Kier molecular flexibility index (Phi) is 4.73. The molecule has 0 aliphatic heterocycles. The van der Waals surface area contributed by atoms with E-state index in [0.717, 1.165) is 11.8 Å². The van der Waals surface area contributed by atoms with Crippen molar-refractivity contribution in [3.63, 3.8) is 0 Å². The van der Waals surface area contributed by atoms with Gasteiger partial charge in [0.05, 0.1) is 29.5 Å². The summed E-state index contributed by atoms with van der Waals surface area (Å²) in [6.07, 6.45) is 1.54. The van der Waals surface area contributed by atoms with Crippen LogP contribution in [0.5, 0.6) is 0 Å². The molecule has 20 heavy (non-hydrogen) atoms. The van der Waals surface area contributed by atoms with Crippen LogP contribution in [0.2, 0.25) is 5.02 Å². The number of nitrogens with zero attached hydrogens (tertiary/aromatic N) is 2. The molecule has 0 spiro atoms. The van der Waals surface area contributed by atoms with Crippen molar-refractivity contribution in [1.29, 1.82) is 0 Å². The summed E-state index contributed by atoms with van der Waals surface area (Å²) in [6, 6.07) is 3.82. The molecule has 3 nitrogen and oxygen atoms in total. The zero-order chi connectivity index (χ0) is 14.7. The van der Waals surface area contributed by atoms with Crippen LogP contribution >= 0.6 is 11.6 Å². The standard InChI is InChI=1S/C14H16ClF2N3/c1-3-18-13(8-20-9(2)11(15)7-19-20)10-5-4-6-12(16)14(10)17/h4-7,13,18H,3,8H2,1-2H3. The highest BCUT2D eigenvalue weighted by Crippen LogP contribution is 2.22. The maximum atomic E-state index is 13.9. The largest absolute Gasteiger partial charge is 0.309 e. The normalized spacial score (nSPS) is 12.7. The van der Waals surface area contributed by atoms with Gasteiger partial charge in [-0.15, -0.1) is 0 Å². The second kappa shape index (κ2) is 6.33. The Morgan fingerprint density at radius 1 is 1.40 bits per heavy atom. The number of rotatable bonds is 5. The summed E-state index contributed by atoms with van der Waals surface area (Å²) in [5.74, 6) is -1.67. The Bertz CT molecular complexity index is 598. The number of halogens is 3. The van der Waals surface area contributed by atoms with Crippen molar-refractivity contribution < 1.29 is 8.78 Å². The van der Waals surface area contributed by atoms with Crippen LogP contribution in [0.3, 0.4) is 0 Å². The van der Waals surface area contributed by atoms with Gasteiger partial charge in [-0.25, -0.2) is 8.78 Å². The van der Waals surface area contributed by atoms with E-state index in [0.29, 0.717) is 18.1 Å². The molecule has 108 valence electrons. The molecule has 0 fully saturated rings. The monoisotopic (exact) mass is 299 g/mol. The predicted molar refractivity (Wildman–Crippen MR) is 74.7 cm³/mol. The number of benzene rings is 1. The zero-order valence-electron chi connectivity index (χ0n) is 11.3. The fraction of sp³-hybridized carbons (Fsp3) is 0.357. The molecule has 1 aromatic carbocycles. The van der Waals surface area contributed by atoms with Crippen LogP contribution in [-0.2, 0) is 6.54 Å². The summed E-state index contributed by atoms with van der Waals surface area (Å²) in [5.41, 5.74) is 1.09. The summed E-state index contributed by atoms with van der Waals surface area (Å²) < 4.78 is 28.9. The predicted octanol–water partition coefficient (Wildman–Crippen LogP) is 3.47. The average Bonchev–Trinajstić information content (AvgIpc) is 2.73. The first kappa shape index (κ1) is 14.9. The molecule has 0 aliphatic rings. The van der Waals surface area contributed by atoms with E-state index in [1.54, 1.807) is 16.9 Å². The maximum absolute atomic E-state index is 13.9. The minimum atomic E-state index is -0.847. The van der Waals surface area contributed by atoms with Crippen molar-refractivity contribution in [2.45, 2.75) is 26.4 Å². The van der Waals surface area contributed by atoms with Crippen molar-refractivity contribution in [3.05, 3.63) is 52.3 Å². The van der Waals surface area contributed by atoms with Gasteiger partial charge in [-0.05, 0) is 19.5 Å². The highest BCUT2D eigenvalue weighted by atomic mass is 35.5. The Hall–Kier alpha value is -1.46. The van der Waals surface area contributed by atoms with Crippen molar-refractivity contribution in [2.24, 2.45) is 0 Å². The smallest absolute Gasteiger partial charge is 0.163 e. The zero-order valence-corrected chi connectivity index (χ0v) is 12.1. The summed E-state index contributed by atoms with van der Waals surface area (Å²) in [7, 11) is 0. The van der Waals surface area contributed by atoms with Crippen molar-refractivity contribution in [3.8, 4) is 0 Å². The molecule has 1 heterocycles. The molecule has 0 saturated heterocycles. The van der Waals surface area contributed by atoms with Crippen molar-refractivity contribution in [1.82, 2.24) is 15.1 Å². The third kappa shape index (κ3) is 2.99. The molecule has 0 radical (unpaired) electrons. The molecule has 2 aromatic rings. The Balaban J connectivity index is 2.31. The third-order valence-electron chi connectivity index (χ3n) is 3.21. The third-order valence-corrected chi connectivity index (χ3v) is 3.58. The second-order valence-corrected chi connectivity index (χ2v) is 4.92. The SMILES string of the molecule is CCNC(Cn1ncc(Cl)c1C)c1cccc(F)c1F. The summed E-state index contributed by atoms with van der Waals surface area (Å²) in [6.45, 7) is 4.76. The number of aromatic nitrogens is 2. The fourth-order valence-electron chi connectivity index (χ4n) is 2.09. The summed E-state index contributed by atoms with van der Waals surface area (Å²) in [4.78, 5) is 0. The van der Waals surface area contributed by atoms with Crippen LogP contribution in [0.1, 0.15) is 24.2 Å². The van der Waals surface area contributed by atoms with Crippen LogP contribution in [0.25, 0.3) is 0 Å². The molecule has 6 heteroatoms. The van der Waals surface area contributed by atoms with Crippen molar-refractivity contribution >= 4 is 11.6 Å². The van der Waals surface area contributed by atoms with Gasteiger partial charge >= 0.3 is 0 Å². The lowest BCUT2D eigenvalue weighted by Gasteiger charge is -2.20. The van der Waals surface area contributed by atoms with E-state index >= 15 is 0 Å². The molecular formula is C14H16ClF2N3. The number of hydrogen-bond acceptors (Lipinski definition) is 2. The van der Waals surface area contributed by atoms with E-state index in [4.69, 9.17) is 11.6 Å². The van der Waals surface area contributed by atoms with Crippen molar-refractivity contribution in [2.75, 3.05) is 6.54 Å². The highest BCUT2D eigenvalue weighted by Gasteiger charge is 2.19. The quantitative estimate of drug-likeness (QED) is 0.916. The minimum Gasteiger partial charge on any atom is -0.309 e. The second-order valence-electron chi connectivity index (χ2n) is 4.51. The van der Waals surface area contributed by atoms with Gasteiger partial charge in [-0.1, -0.05) is 30.7 Å². The number of likely N-dealkylation sites (N-methyl/N-ethyl adjacent to an activating group) is 1. The molecule has 0 aliphatic carbocycles. The molecule has 0 bridgehead atoms. The van der Waals surface area contributed by atoms with Gasteiger partial charge < -0.3 is 5.32 Å². The van der Waals surface area contributed by atoms with Gasteiger partial charge in [0.2, 0.25) is 0 Å². The first-order chi connectivity index (χ1) is 9.54. The van der Waals surface area contributed by atoms with Gasteiger partial charge in [-0.3, -0.25) is 4.68 Å². The van der Waals surface area contributed by atoms with Gasteiger partial charge in [0, 0.05) is 5.56 Å². The molecule has 1 aromatic heterocycles. The lowest BCUT2D eigenvalue weighted by atomic mass is 10.1. The lowest BCUT2D eigenvalue weighted by molar-refractivity contribution is 0.413. The first-order valence-corrected chi connectivity index (χ1v) is 6.77. The lowest BCUT2D eigenvalue weighted by Crippen LogP contribution is -2.27. The molecule has 0 amide bonds. The Labute approximate surface area is 121 Å². The van der Waals surface area contributed by atoms with Crippen LogP contribution in [-0.4, -0.2) is 16.3 Å². The van der Waals surface area contributed by atoms with E-state index in [2.05, 4.69) is 10.4 Å². The molecular weight excluding hydrogens is 284 g/mol. The maximum Gasteiger partial charge on any atom is 0.163 e. The fourth-order valence-corrected chi connectivity index (χ4v) is 2.23.